The molecular formula is C12H16N4OS. The van der Waals surface area contributed by atoms with Gasteiger partial charge in [-0.3, -0.25) is 4.79 Å². The van der Waals surface area contributed by atoms with E-state index in [-0.39, 0.29) is 5.91 Å². The van der Waals surface area contributed by atoms with Crippen LogP contribution in [0.2, 0.25) is 0 Å². The van der Waals surface area contributed by atoms with Crippen molar-refractivity contribution in [2.24, 2.45) is 7.05 Å². The number of amides is 1. The van der Waals surface area contributed by atoms with Gasteiger partial charge in [-0.25, -0.2) is 4.98 Å². The highest BCUT2D eigenvalue weighted by Gasteiger charge is 2.10. The topological polar surface area (TPSA) is 72.9 Å². The molecule has 2 aromatic rings. The number of imidazole rings is 1. The Hall–Kier alpha value is -1.82. The van der Waals surface area contributed by atoms with Crippen LogP contribution in [0.1, 0.15) is 20.4 Å². The van der Waals surface area contributed by atoms with E-state index in [0.29, 0.717) is 17.1 Å². The minimum atomic E-state index is -0.0750. The summed E-state index contributed by atoms with van der Waals surface area (Å²) in [6.07, 6.45) is 4.36. The van der Waals surface area contributed by atoms with Crippen LogP contribution >= 0.6 is 11.3 Å². The van der Waals surface area contributed by atoms with Gasteiger partial charge in [-0.1, -0.05) is 0 Å². The van der Waals surface area contributed by atoms with E-state index in [0.717, 1.165) is 17.1 Å². The maximum Gasteiger partial charge on any atom is 0.261 e. The second kappa shape index (κ2) is 5.22. The van der Waals surface area contributed by atoms with Crippen LogP contribution in [0.15, 0.2) is 18.5 Å². The highest BCUT2D eigenvalue weighted by atomic mass is 32.1. The van der Waals surface area contributed by atoms with Crippen molar-refractivity contribution in [1.82, 2.24) is 14.9 Å². The van der Waals surface area contributed by atoms with E-state index in [2.05, 4.69) is 10.3 Å². The van der Waals surface area contributed by atoms with Crippen molar-refractivity contribution in [2.45, 2.75) is 13.3 Å². The Labute approximate surface area is 110 Å². The Bertz CT molecular complexity index is 539. The molecule has 0 atom stereocenters. The molecule has 18 heavy (non-hydrogen) atoms. The van der Waals surface area contributed by atoms with Gasteiger partial charge in [0.2, 0.25) is 0 Å². The monoisotopic (exact) mass is 264 g/mol. The summed E-state index contributed by atoms with van der Waals surface area (Å²) in [5.74, 6) is 0.881. The fraction of sp³-hybridized carbons (Fsp3) is 0.333. The number of anilines is 1. The predicted octanol–water partition coefficient (Wildman–Crippen LogP) is 1.34. The fourth-order valence-electron chi connectivity index (χ4n) is 1.62. The van der Waals surface area contributed by atoms with E-state index in [1.807, 2.05) is 24.7 Å². The fourth-order valence-corrected chi connectivity index (χ4v) is 2.48. The van der Waals surface area contributed by atoms with Gasteiger partial charge in [-0.2, -0.15) is 0 Å². The zero-order valence-electron chi connectivity index (χ0n) is 10.4. The number of nitrogen functional groups attached to an aromatic ring is 1. The summed E-state index contributed by atoms with van der Waals surface area (Å²) < 4.78 is 1.94. The lowest BCUT2D eigenvalue weighted by atomic mass is 10.3. The van der Waals surface area contributed by atoms with Crippen molar-refractivity contribution in [3.05, 3.63) is 34.0 Å². The van der Waals surface area contributed by atoms with Gasteiger partial charge in [0.05, 0.1) is 4.88 Å². The summed E-state index contributed by atoms with van der Waals surface area (Å²) in [5, 5.41) is 2.87. The molecule has 0 bridgehead atoms. The minimum Gasteiger partial charge on any atom is -0.398 e. The van der Waals surface area contributed by atoms with Gasteiger partial charge in [0, 0.05) is 43.0 Å². The van der Waals surface area contributed by atoms with Gasteiger partial charge in [-0.15, -0.1) is 11.3 Å². The van der Waals surface area contributed by atoms with E-state index in [4.69, 9.17) is 5.73 Å². The number of nitrogens with zero attached hydrogens (tertiary/aromatic N) is 2. The van der Waals surface area contributed by atoms with E-state index in [9.17, 15) is 4.79 Å². The Morgan fingerprint density at radius 1 is 1.61 bits per heavy atom. The Balaban J connectivity index is 1.87. The molecule has 6 heteroatoms. The van der Waals surface area contributed by atoms with Crippen molar-refractivity contribution in [3.8, 4) is 0 Å². The molecule has 0 aliphatic heterocycles. The Morgan fingerprint density at radius 2 is 2.39 bits per heavy atom. The van der Waals surface area contributed by atoms with Crippen LogP contribution in [0.5, 0.6) is 0 Å². The molecule has 0 saturated heterocycles. The van der Waals surface area contributed by atoms with Crippen molar-refractivity contribution < 1.29 is 4.79 Å². The summed E-state index contributed by atoms with van der Waals surface area (Å²) in [6.45, 7) is 2.48. The molecule has 0 fully saturated rings. The maximum absolute atomic E-state index is 11.8. The van der Waals surface area contributed by atoms with Crippen LogP contribution in [0.4, 0.5) is 5.69 Å². The first-order valence-electron chi connectivity index (χ1n) is 5.68. The number of carbonyl (C=O) groups excluding carboxylic acids is 1. The van der Waals surface area contributed by atoms with Gasteiger partial charge < -0.3 is 15.6 Å². The molecule has 0 aliphatic rings. The molecule has 5 nitrogen and oxygen atoms in total. The molecule has 0 saturated carbocycles. The van der Waals surface area contributed by atoms with Crippen molar-refractivity contribution in [2.75, 3.05) is 12.3 Å². The third kappa shape index (κ3) is 2.70. The number of aryl methyl sites for hydroxylation is 2. The van der Waals surface area contributed by atoms with Crippen LogP contribution in [-0.2, 0) is 13.5 Å². The number of carbonyl (C=O) groups is 1. The number of rotatable bonds is 4. The molecule has 0 aliphatic carbocycles. The lowest BCUT2D eigenvalue weighted by Crippen LogP contribution is -2.25. The third-order valence-corrected chi connectivity index (χ3v) is 3.80. The number of hydrogen-bond acceptors (Lipinski definition) is 4. The standard InChI is InChI=1S/C12H16N4OS/c1-8-9(13)7-10(18-8)12(17)15-4-3-11-14-5-6-16(11)2/h5-7H,3-4,13H2,1-2H3,(H,15,17). The van der Waals surface area contributed by atoms with Gasteiger partial charge in [0.1, 0.15) is 5.82 Å². The molecule has 2 rings (SSSR count). The number of nitrogens with two attached hydrogens (primary N) is 1. The molecule has 3 N–H and O–H groups in total. The van der Waals surface area contributed by atoms with Gasteiger partial charge in [-0.05, 0) is 13.0 Å². The van der Waals surface area contributed by atoms with Crippen LogP contribution in [-0.4, -0.2) is 22.0 Å². The number of hydrogen-bond donors (Lipinski definition) is 2. The quantitative estimate of drug-likeness (QED) is 0.875. The lowest BCUT2D eigenvalue weighted by molar-refractivity contribution is 0.0958. The SMILES string of the molecule is Cc1sc(C(=O)NCCc2nccn2C)cc1N. The third-order valence-electron chi connectivity index (χ3n) is 2.74. The van der Waals surface area contributed by atoms with E-state index < -0.39 is 0 Å². The maximum atomic E-state index is 11.8. The number of thiophene rings is 1. The first-order valence-corrected chi connectivity index (χ1v) is 6.50. The molecule has 2 heterocycles. The second-order valence-corrected chi connectivity index (χ2v) is 5.34. The number of aromatic nitrogens is 2. The van der Waals surface area contributed by atoms with Crippen molar-refractivity contribution in [1.29, 1.82) is 0 Å². The average Bonchev–Trinajstić information content (AvgIpc) is 2.87. The second-order valence-electron chi connectivity index (χ2n) is 4.08. The van der Waals surface area contributed by atoms with Crippen molar-refractivity contribution >= 4 is 22.9 Å². The summed E-state index contributed by atoms with van der Waals surface area (Å²) in [5.41, 5.74) is 6.40. The minimum absolute atomic E-state index is 0.0750. The molecule has 0 unspecified atom stereocenters. The van der Waals surface area contributed by atoms with E-state index in [1.54, 1.807) is 12.3 Å². The summed E-state index contributed by atoms with van der Waals surface area (Å²) >= 11 is 1.42. The Kier molecular flexibility index (Phi) is 3.66. The van der Waals surface area contributed by atoms with Crippen LogP contribution in [0.3, 0.4) is 0 Å². The highest BCUT2D eigenvalue weighted by molar-refractivity contribution is 7.14. The smallest absolute Gasteiger partial charge is 0.261 e. The molecule has 0 radical (unpaired) electrons. The van der Waals surface area contributed by atoms with Gasteiger partial charge >= 0.3 is 0 Å². The lowest BCUT2D eigenvalue weighted by Gasteiger charge is -2.03. The highest BCUT2D eigenvalue weighted by Crippen LogP contribution is 2.22. The van der Waals surface area contributed by atoms with Crippen LogP contribution in [0.25, 0.3) is 0 Å². The first-order chi connectivity index (χ1) is 8.58. The van der Waals surface area contributed by atoms with Crippen LogP contribution < -0.4 is 11.1 Å². The zero-order valence-corrected chi connectivity index (χ0v) is 11.3. The van der Waals surface area contributed by atoms with Gasteiger partial charge in [0.15, 0.2) is 0 Å². The summed E-state index contributed by atoms with van der Waals surface area (Å²) in [7, 11) is 1.94. The first kappa shape index (κ1) is 12.6. The largest absolute Gasteiger partial charge is 0.398 e. The summed E-state index contributed by atoms with van der Waals surface area (Å²) in [4.78, 5) is 17.7. The normalized spacial score (nSPS) is 10.6. The van der Waals surface area contributed by atoms with E-state index >= 15 is 0 Å². The van der Waals surface area contributed by atoms with Gasteiger partial charge in [0.25, 0.3) is 5.91 Å². The van der Waals surface area contributed by atoms with E-state index in [1.165, 1.54) is 11.3 Å². The zero-order chi connectivity index (χ0) is 13.1. The van der Waals surface area contributed by atoms with Crippen molar-refractivity contribution in [3.63, 3.8) is 0 Å². The number of nitrogens with one attached hydrogen (secondary N) is 1. The van der Waals surface area contributed by atoms with Crippen LogP contribution in [0, 0.1) is 6.92 Å². The molecule has 0 aromatic carbocycles. The summed E-state index contributed by atoms with van der Waals surface area (Å²) in [6, 6.07) is 1.72. The average molecular weight is 264 g/mol. The Morgan fingerprint density at radius 3 is 2.94 bits per heavy atom. The molecule has 2 aromatic heterocycles. The molecule has 0 spiro atoms. The molecule has 96 valence electrons. The predicted molar refractivity (Wildman–Crippen MR) is 72.7 cm³/mol. The molecule has 1 amide bonds. The molecular weight excluding hydrogens is 248 g/mol.